The van der Waals surface area contributed by atoms with Crippen molar-refractivity contribution in [2.24, 2.45) is 0 Å². The summed E-state index contributed by atoms with van der Waals surface area (Å²) in [6.07, 6.45) is 2.38. The highest BCUT2D eigenvalue weighted by atomic mass is 16.1. The van der Waals surface area contributed by atoms with Crippen molar-refractivity contribution in [3.63, 3.8) is 0 Å². The van der Waals surface area contributed by atoms with Crippen molar-refractivity contribution in [3.05, 3.63) is 35.4 Å². The van der Waals surface area contributed by atoms with Gasteiger partial charge in [0.15, 0.2) is 0 Å². The van der Waals surface area contributed by atoms with Crippen LogP contribution in [0.1, 0.15) is 30.9 Å². The van der Waals surface area contributed by atoms with Crippen molar-refractivity contribution in [3.8, 4) is 0 Å². The Balaban J connectivity index is 2.13. The van der Waals surface area contributed by atoms with Crippen LogP contribution in [-0.4, -0.2) is 25.5 Å². The minimum absolute atomic E-state index is 0.146. The summed E-state index contributed by atoms with van der Waals surface area (Å²) in [7, 11) is 0. The molecule has 1 aromatic rings. The van der Waals surface area contributed by atoms with Gasteiger partial charge in [0.25, 0.3) is 0 Å². The van der Waals surface area contributed by atoms with E-state index in [2.05, 4.69) is 42.7 Å². The van der Waals surface area contributed by atoms with E-state index in [0.717, 1.165) is 32.5 Å². The number of amides is 1. The van der Waals surface area contributed by atoms with Crippen LogP contribution >= 0.6 is 0 Å². The maximum Gasteiger partial charge on any atom is 0.220 e. The molecule has 0 saturated carbocycles. The Labute approximate surface area is 110 Å². The van der Waals surface area contributed by atoms with Gasteiger partial charge in [-0.15, -0.1) is 0 Å². The van der Waals surface area contributed by atoms with Gasteiger partial charge in [0.05, 0.1) is 0 Å². The largest absolute Gasteiger partial charge is 0.356 e. The molecule has 0 saturated heterocycles. The van der Waals surface area contributed by atoms with Gasteiger partial charge < -0.3 is 10.6 Å². The van der Waals surface area contributed by atoms with Crippen LogP contribution in [0.2, 0.25) is 0 Å². The first kappa shape index (κ1) is 14.7. The minimum Gasteiger partial charge on any atom is -0.356 e. The molecule has 0 spiro atoms. The smallest absolute Gasteiger partial charge is 0.220 e. The van der Waals surface area contributed by atoms with Gasteiger partial charge in [-0.1, -0.05) is 36.8 Å². The van der Waals surface area contributed by atoms with Crippen molar-refractivity contribution in [1.82, 2.24) is 10.6 Å². The molecule has 0 aliphatic heterocycles. The fraction of sp³-hybridized carbons (Fsp3) is 0.533. The average Bonchev–Trinajstić information content (AvgIpc) is 2.36. The van der Waals surface area contributed by atoms with E-state index in [9.17, 15) is 4.79 Å². The molecule has 0 heterocycles. The summed E-state index contributed by atoms with van der Waals surface area (Å²) < 4.78 is 0. The number of carbonyl (C=O) groups excluding carboxylic acids is 1. The number of aryl methyl sites for hydroxylation is 2. The first-order chi connectivity index (χ1) is 8.72. The standard InChI is InChI=1S/C15H24N2O/c1-3-16-10-5-11-17-15(18)9-8-14-7-4-6-13(2)12-14/h4,6-7,12,16H,3,5,8-11H2,1-2H3,(H,17,18). The van der Waals surface area contributed by atoms with Crippen molar-refractivity contribution in [1.29, 1.82) is 0 Å². The van der Waals surface area contributed by atoms with Crippen LogP contribution in [0.15, 0.2) is 24.3 Å². The van der Waals surface area contributed by atoms with Gasteiger partial charge in [-0.3, -0.25) is 4.79 Å². The fourth-order valence-electron chi connectivity index (χ4n) is 1.83. The minimum atomic E-state index is 0.146. The molecule has 0 bridgehead atoms. The predicted molar refractivity (Wildman–Crippen MR) is 75.7 cm³/mol. The fourth-order valence-corrected chi connectivity index (χ4v) is 1.83. The maximum atomic E-state index is 11.6. The molecule has 3 heteroatoms. The summed E-state index contributed by atoms with van der Waals surface area (Å²) in [4.78, 5) is 11.6. The summed E-state index contributed by atoms with van der Waals surface area (Å²) in [6.45, 7) is 6.88. The lowest BCUT2D eigenvalue weighted by Gasteiger charge is -2.06. The van der Waals surface area contributed by atoms with E-state index >= 15 is 0 Å². The van der Waals surface area contributed by atoms with Crippen LogP contribution < -0.4 is 10.6 Å². The number of nitrogens with one attached hydrogen (secondary N) is 2. The molecular weight excluding hydrogens is 224 g/mol. The van der Waals surface area contributed by atoms with E-state index < -0.39 is 0 Å². The average molecular weight is 248 g/mol. The molecule has 0 aromatic heterocycles. The van der Waals surface area contributed by atoms with E-state index in [1.807, 2.05) is 6.07 Å². The zero-order chi connectivity index (χ0) is 13.2. The van der Waals surface area contributed by atoms with Gasteiger partial charge in [0.1, 0.15) is 0 Å². The third kappa shape index (κ3) is 6.40. The highest BCUT2D eigenvalue weighted by Gasteiger charge is 2.01. The number of hydrogen-bond donors (Lipinski definition) is 2. The van der Waals surface area contributed by atoms with Gasteiger partial charge in [-0.2, -0.15) is 0 Å². The second-order valence-corrected chi connectivity index (χ2v) is 4.55. The van der Waals surface area contributed by atoms with Gasteiger partial charge in [-0.25, -0.2) is 0 Å². The Hall–Kier alpha value is -1.35. The SMILES string of the molecule is CCNCCCNC(=O)CCc1cccc(C)c1. The van der Waals surface area contributed by atoms with Gasteiger partial charge in [0.2, 0.25) is 5.91 Å². The van der Waals surface area contributed by atoms with Crippen LogP contribution in [-0.2, 0) is 11.2 Å². The Morgan fingerprint density at radius 1 is 1.28 bits per heavy atom. The lowest BCUT2D eigenvalue weighted by atomic mass is 10.1. The van der Waals surface area contributed by atoms with E-state index in [1.54, 1.807) is 0 Å². The highest BCUT2D eigenvalue weighted by molar-refractivity contribution is 5.76. The molecule has 0 radical (unpaired) electrons. The van der Waals surface area contributed by atoms with Crippen molar-refractivity contribution in [2.45, 2.75) is 33.1 Å². The number of benzene rings is 1. The second kappa shape index (κ2) is 8.70. The van der Waals surface area contributed by atoms with E-state index in [4.69, 9.17) is 0 Å². The molecule has 0 fully saturated rings. The Morgan fingerprint density at radius 2 is 2.11 bits per heavy atom. The summed E-state index contributed by atoms with van der Waals surface area (Å²) in [5.41, 5.74) is 2.48. The monoisotopic (exact) mass is 248 g/mol. The molecular formula is C15H24N2O. The van der Waals surface area contributed by atoms with Crippen LogP contribution in [0.3, 0.4) is 0 Å². The van der Waals surface area contributed by atoms with Gasteiger partial charge in [-0.05, 0) is 38.4 Å². The first-order valence-corrected chi connectivity index (χ1v) is 6.75. The lowest BCUT2D eigenvalue weighted by Crippen LogP contribution is -2.27. The summed E-state index contributed by atoms with van der Waals surface area (Å²) in [5, 5.41) is 6.18. The molecule has 100 valence electrons. The van der Waals surface area contributed by atoms with Gasteiger partial charge in [0, 0.05) is 13.0 Å². The van der Waals surface area contributed by atoms with Crippen LogP contribution in [0, 0.1) is 6.92 Å². The van der Waals surface area contributed by atoms with Crippen LogP contribution in [0.25, 0.3) is 0 Å². The van der Waals surface area contributed by atoms with Crippen molar-refractivity contribution in [2.75, 3.05) is 19.6 Å². The molecule has 0 atom stereocenters. The highest BCUT2D eigenvalue weighted by Crippen LogP contribution is 2.06. The Kier molecular flexibility index (Phi) is 7.11. The van der Waals surface area contributed by atoms with Crippen molar-refractivity contribution >= 4 is 5.91 Å². The van der Waals surface area contributed by atoms with Crippen molar-refractivity contribution < 1.29 is 4.79 Å². The third-order valence-electron chi connectivity index (χ3n) is 2.83. The summed E-state index contributed by atoms with van der Waals surface area (Å²) in [5.74, 6) is 0.146. The number of carbonyl (C=O) groups is 1. The van der Waals surface area contributed by atoms with E-state index in [1.165, 1.54) is 11.1 Å². The molecule has 0 aliphatic rings. The molecule has 18 heavy (non-hydrogen) atoms. The maximum absolute atomic E-state index is 11.6. The molecule has 0 aliphatic carbocycles. The van der Waals surface area contributed by atoms with E-state index in [0.29, 0.717) is 6.42 Å². The molecule has 3 nitrogen and oxygen atoms in total. The van der Waals surface area contributed by atoms with Crippen LogP contribution in [0.5, 0.6) is 0 Å². The summed E-state index contributed by atoms with van der Waals surface area (Å²) >= 11 is 0. The topological polar surface area (TPSA) is 41.1 Å². The number of rotatable bonds is 8. The number of hydrogen-bond acceptors (Lipinski definition) is 2. The molecule has 1 amide bonds. The molecule has 2 N–H and O–H groups in total. The molecule has 1 rings (SSSR count). The predicted octanol–water partition coefficient (Wildman–Crippen LogP) is 2.04. The summed E-state index contributed by atoms with van der Waals surface area (Å²) in [6, 6.07) is 8.33. The lowest BCUT2D eigenvalue weighted by molar-refractivity contribution is -0.121. The van der Waals surface area contributed by atoms with Gasteiger partial charge >= 0.3 is 0 Å². The molecule has 0 unspecified atom stereocenters. The zero-order valence-corrected chi connectivity index (χ0v) is 11.5. The Bertz CT molecular complexity index is 363. The Morgan fingerprint density at radius 3 is 2.83 bits per heavy atom. The quantitative estimate of drug-likeness (QED) is 0.691. The molecule has 1 aromatic carbocycles. The van der Waals surface area contributed by atoms with Crippen LogP contribution in [0.4, 0.5) is 0 Å². The van der Waals surface area contributed by atoms with E-state index in [-0.39, 0.29) is 5.91 Å². The first-order valence-electron chi connectivity index (χ1n) is 6.75. The normalized spacial score (nSPS) is 10.3. The zero-order valence-electron chi connectivity index (χ0n) is 11.5. The third-order valence-corrected chi connectivity index (χ3v) is 2.83. The second-order valence-electron chi connectivity index (χ2n) is 4.55.